The first kappa shape index (κ1) is 18.6. The highest BCUT2D eigenvalue weighted by Gasteiger charge is 2.20. The first-order chi connectivity index (χ1) is 12.4. The average molecular weight is 376 g/mol. The summed E-state index contributed by atoms with van der Waals surface area (Å²) in [7, 11) is -3.29. The molecule has 1 saturated heterocycles. The number of aromatic nitrogens is 1. The number of aliphatic hydroxyl groups excluding tert-OH is 1. The molecule has 1 aliphatic rings. The fourth-order valence-electron chi connectivity index (χ4n) is 3.08. The molecule has 1 aromatic carbocycles. The lowest BCUT2D eigenvalue weighted by Gasteiger charge is -2.36. The predicted molar refractivity (Wildman–Crippen MR) is 103 cm³/mol. The minimum atomic E-state index is -3.29. The Bertz CT molecular complexity index is 804. The van der Waals surface area contributed by atoms with Gasteiger partial charge in [0.2, 0.25) is 10.0 Å². The summed E-state index contributed by atoms with van der Waals surface area (Å²) in [6.07, 6.45) is 4.11. The SMILES string of the molecule is CS(=O)(=O)Nc1ccc(C(O)CN2CCN(c3ccncc3)CC2)cc1. The molecule has 3 rings (SSSR count). The van der Waals surface area contributed by atoms with Crippen molar-refractivity contribution in [2.45, 2.75) is 6.10 Å². The molecule has 0 bridgehead atoms. The van der Waals surface area contributed by atoms with Crippen LogP contribution in [-0.4, -0.2) is 62.4 Å². The van der Waals surface area contributed by atoms with E-state index in [0.29, 0.717) is 12.2 Å². The molecule has 2 aromatic rings. The molecule has 0 aliphatic carbocycles. The molecule has 2 heterocycles. The number of pyridine rings is 1. The molecule has 0 saturated carbocycles. The van der Waals surface area contributed by atoms with Crippen molar-refractivity contribution in [2.24, 2.45) is 0 Å². The molecule has 0 spiro atoms. The summed E-state index contributed by atoms with van der Waals surface area (Å²) in [6.45, 7) is 4.14. The molecule has 140 valence electrons. The van der Waals surface area contributed by atoms with Crippen LogP contribution in [0.4, 0.5) is 11.4 Å². The standard InChI is InChI=1S/C18H24N4O3S/c1-26(24,25)20-16-4-2-15(3-5-16)18(23)14-21-10-12-22(13-11-21)17-6-8-19-9-7-17/h2-9,18,20,23H,10-14H2,1H3. The molecule has 2 N–H and O–H groups in total. The molecular formula is C18H24N4O3S. The van der Waals surface area contributed by atoms with Crippen LogP contribution in [0, 0.1) is 0 Å². The van der Waals surface area contributed by atoms with Crippen molar-refractivity contribution in [3.05, 3.63) is 54.4 Å². The predicted octanol–water partition coefficient (Wildman–Crippen LogP) is 1.31. The summed E-state index contributed by atoms with van der Waals surface area (Å²) in [5, 5.41) is 10.5. The van der Waals surface area contributed by atoms with E-state index in [1.54, 1.807) is 36.7 Å². The van der Waals surface area contributed by atoms with E-state index in [1.165, 1.54) is 5.69 Å². The van der Waals surface area contributed by atoms with E-state index in [0.717, 1.165) is 38.0 Å². The number of rotatable bonds is 6. The van der Waals surface area contributed by atoms with Gasteiger partial charge in [0.15, 0.2) is 0 Å². The van der Waals surface area contributed by atoms with Crippen LogP contribution in [0.5, 0.6) is 0 Å². The van der Waals surface area contributed by atoms with Crippen molar-refractivity contribution in [1.29, 1.82) is 0 Å². The number of aliphatic hydroxyl groups is 1. The zero-order valence-corrected chi connectivity index (χ0v) is 15.6. The molecule has 8 heteroatoms. The maximum Gasteiger partial charge on any atom is 0.229 e. The van der Waals surface area contributed by atoms with Gasteiger partial charge < -0.3 is 10.0 Å². The van der Waals surface area contributed by atoms with Crippen molar-refractivity contribution in [1.82, 2.24) is 9.88 Å². The van der Waals surface area contributed by atoms with Gasteiger partial charge in [0.25, 0.3) is 0 Å². The van der Waals surface area contributed by atoms with E-state index in [-0.39, 0.29) is 0 Å². The molecule has 0 amide bonds. The van der Waals surface area contributed by atoms with E-state index in [2.05, 4.69) is 19.5 Å². The molecule has 1 unspecified atom stereocenters. The number of anilines is 2. The van der Waals surface area contributed by atoms with Gasteiger partial charge in [0.1, 0.15) is 0 Å². The Morgan fingerprint density at radius 3 is 2.27 bits per heavy atom. The molecule has 1 aromatic heterocycles. The number of hydrogen-bond donors (Lipinski definition) is 2. The van der Waals surface area contributed by atoms with Gasteiger partial charge in [-0.1, -0.05) is 12.1 Å². The second-order valence-electron chi connectivity index (χ2n) is 6.51. The summed E-state index contributed by atoms with van der Waals surface area (Å²) in [5.74, 6) is 0. The van der Waals surface area contributed by atoms with Gasteiger partial charge in [0.05, 0.1) is 12.4 Å². The first-order valence-corrected chi connectivity index (χ1v) is 10.4. The molecule has 1 fully saturated rings. The summed E-state index contributed by atoms with van der Waals surface area (Å²) in [4.78, 5) is 8.60. The van der Waals surface area contributed by atoms with Crippen molar-refractivity contribution < 1.29 is 13.5 Å². The summed E-state index contributed by atoms with van der Waals surface area (Å²) >= 11 is 0. The van der Waals surface area contributed by atoms with E-state index in [1.807, 2.05) is 12.1 Å². The molecule has 26 heavy (non-hydrogen) atoms. The maximum atomic E-state index is 11.2. The molecule has 1 aliphatic heterocycles. The minimum Gasteiger partial charge on any atom is -0.387 e. The van der Waals surface area contributed by atoms with E-state index >= 15 is 0 Å². The Balaban J connectivity index is 1.52. The number of benzene rings is 1. The third-order valence-electron chi connectivity index (χ3n) is 4.43. The zero-order valence-electron chi connectivity index (χ0n) is 14.7. The number of piperazine rings is 1. The van der Waals surface area contributed by atoms with Crippen LogP contribution in [0.15, 0.2) is 48.8 Å². The van der Waals surface area contributed by atoms with Crippen LogP contribution in [0.3, 0.4) is 0 Å². The van der Waals surface area contributed by atoms with Crippen LogP contribution in [0.25, 0.3) is 0 Å². The quantitative estimate of drug-likeness (QED) is 0.791. The molecule has 0 radical (unpaired) electrons. The topological polar surface area (TPSA) is 85.8 Å². The first-order valence-electron chi connectivity index (χ1n) is 8.54. The second kappa shape index (κ2) is 8.03. The Hall–Kier alpha value is -2.16. The van der Waals surface area contributed by atoms with Crippen LogP contribution >= 0.6 is 0 Å². The maximum absolute atomic E-state index is 11.2. The van der Waals surface area contributed by atoms with Crippen molar-refractivity contribution >= 4 is 21.4 Å². The van der Waals surface area contributed by atoms with Gasteiger partial charge in [-0.3, -0.25) is 14.6 Å². The van der Waals surface area contributed by atoms with Crippen LogP contribution in [0.2, 0.25) is 0 Å². The van der Waals surface area contributed by atoms with Crippen molar-refractivity contribution in [3.8, 4) is 0 Å². The van der Waals surface area contributed by atoms with Gasteiger partial charge in [-0.15, -0.1) is 0 Å². The minimum absolute atomic E-state index is 0.495. The van der Waals surface area contributed by atoms with Gasteiger partial charge >= 0.3 is 0 Å². The number of nitrogens with zero attached hydrogens (tertiary/aromatic N) is 3. The number of hydrogen-bond acceptors (Lipinski definition) is 6. The Morgan fingerprint density at radius 2 is 1.69 bits per heavy atom. The Kier molecular flexibility index (Phi) is 5.75. The fourth-order valence-corrected chi connectivity index (χ4v) is 3.65. The van der Waals surface area contributed by atoms with Gasteiger partial charge in [-0.25, -0.2) is 8.42 Å². The zero-order chi connectivity index (χ0) is 18.6. The lowest BCUT2D eigenvalue weighted by atomic mass is 10.1. The molecule has 1 atom stereocenters. The van der Waals surface area contributed by atoms with Crippen molar-refractivity contribution in [3.63, 3.8) is 0 Å². The highest BCUT2D eigenvalue weighted by atomic mass is 32.2. The Morgan fingerprint density at radius 1 is 1.08 bits per heavy atom. The lowest BCUT2D eigenvalue weighted by Crippen LogP contribution is -2.47. The lowest BCUT2D eigenvalue weighted by molar-refractivity contribution is 0.109. The monoisotopic (exact) mass is 376 g/mol. The van der Waals surface area contributed by atoms with Crippen molar-refractivity contribution in [2.75, 3.05) is 48.6 Å². The van der Waals surface area contributed by atoms with Gasteiger partial charge in [-0.05, 0) is 29.8 Å². The third kappa shape index (κ3) is 5.17. The second-order valence-corrected chi connectivity index (χ2v) is 8.25. The highest BCUT2D eigenvalue weighted by molar-refractivity contribution is 7.92. The summed E-state index contributed by atoms with van der Waals surface area (Å²) < 4.78 is 24.9. The highest BCUT2D eigenvalue weighted by Crippen LogP contribution is 2.20. The molecule has 7 nitrogen and oxygen atoms in total. The molecular weight excluding hydrogens is 352 g/mol. The van der Waals surface area contributed by atoms with E-state index in [4.69, 9.17) is 0 Å². The normalized spacial score (nSPS) is 17.1. The fraction of sp³-hybridized carbons (Fsp3) is 0.389. The van der Waals surface area contributed by atoms with Crippen LogP contribution in [-0.2, 0) is 10.0 Å². The van der Waals surface area contributed by atoms with Crippen LogP contribution < -0.4 is 9.62 Å². The largest absolute Gasteiger partial charge is 0.387 e. The third-order valence-corrected chi connectivity index (χ3v) is 5.04. The van der Waals surface area contributed by atoms with Gasteiger partial charge in [-0.2, -0.15) is 0 Å². The average Bonchev–Trinajstić information content (AvgIpc) is 2.62. The van der Waals surface area contributed by atoms with E-state index < -0.39 is 16.1 Å². The number of sulfonamides is 1. The van der Waals surface area contributed by atoms with Crippen LogP contribution in [0.1, 0.15) is 11.7 Å². The van der Waals surface area contributed by atoms with Gasteiger partial charge in [0, 0.05) is 56.5 Å². The summed E-state index contributed by atoms with van der Waals surface area (Å²) in [6, 6.07) is 10.9. The van der Waals surface area contributed by atoms with E-state index in [9.17, 15) is 13.5 Å². The Labute approximate surface area is 154 Å². The summed E-state index contributed by atoms with van der Waals surface area (Å²) in [5.41, 5.74) is 2.45. The smallest absolute Gasteiger partial charge is 0.229 e. The number of β-amino-alcohol motifs (C(OH)–C–C–N with tert-alkyl or cyclic N) is 1. The number of nitrogens with one attached hydrogen (secondary N) is 1.